The second-order valence-corrected chi connectivity index (χ2v) is 5.80. The van der Waals surface area contributed by atoms with Crippen LogP contribution in [0.15, 0.2) is 30.3 Å². The first kappa shape index (κ1) is 14.5. The maximum absolute atomic E-state index is 3.68. The quantitative estimate of drug-likeness (QED) is 0.853. The van der Waals surface area contributed by atoms with Gasteiger partial charge in [-0.15, -0.1) is 12.4 Å². The molecule has 2 heteroatoms. The van der Waals surface area contributed by atoms with E-state index in [-0.39, 0.29) is 12.4 Å². The van der Waals surface area contributed by atoms with Crippen LogP contribution in [0.4, 0.5) is 0 Å². The highest BCUT2D eigenvalue weighted by Gasteiger charge is 2.26. The van der Waals surface area contributed by atoms with E-state index in [0.717, 1.165) is 12.6 Å². The lowest BCUT2D eigenvalue weighted by Gasteiger charge is -2.34. The number of nitrogens with one attached hydrogen (secondary N) is 1. The van der Waals surface area contributed by atoms with Crippen LogP contribution in [0.5, 0.6) is 0 Å². The molecule has 0 heterocycles. The molecule has 1 saturated carbocycles. The number of benzene rings is 1. The van der Waals surface area contributed by atoms with Crippen molar-refractivity contribution in [2.75, 3.05) is 0 Å². The van der Waals surface area contributed by atoms with Crippen molar-refractivity contribution in [3.63, 3.8) is 0 Å². The van der Waals surface area contributed by atoms with E-state index in [1.54, 1.807) is 0 Å². The molecule has 1 aliphatic rings. The minimum atomic E-state index is 0. The van der Waals surface area contributed by atoms with Crippen LogP contribution in [0.1, 0.15) is 45.1 Å². The average molecular weight is 254 g/mol. The molecular weight excluding hydrogens is 230 g/mol. The van der Waals surface area contributed by atoms with Gasteiger partial charge in [0, 0.05) is 12.6 Å². The van der Waals surface area contributed by atoms with Gasteiger partial charge >= 0.3 is 0 Å². The normalized spacial score (nSPS) is 19.6. The van der Waals surface area contributed by atoms with Crippen molar-refractivity contribution in [1.29, 1.82) is 0 Å². The van der Waals surface area contributed by atoms with Crippen LogP contribution in [0.2, 0.25) is 0 Å². The second-order valence-electron chi connectivity index (χ2n) is 5.80. The van der Waals surface area contributed by atoms with Crippen LogP contribution in [0.25, 0.3) is 0 Å². The van der Waals surface area contributed by atoms with E-state index in [1.165, 1.54) is 31.2 Å². The molecule has 1 aliphatic carbocycles. The summed E-state index contributed by atoms with van der Waals surface area (Å²) in [5.74, 6) is 0. The summed E-state index contributed by atoms with van der Waals surface area (Å²) < 4.78 is 0. The Kier molecular flexibility index (Phi) is 5.48. The maximum Gasteiger partial charge on any atom is 0.0208 e. The fourth-order valence-corrected chi connectivity index (χ4v) is 2.46. The number of halogens is 1. The summed E-state index contributed by atoms with van der Waals surface area (Å²) in [5.41, 5.74) is 1.97. The van der Waals surface area contributed by atoms with Crippen molar-refractivity contribution in [3.05, 3.63) is 35.9 Å². The van der Waals surface area contributed by atoms with E-state index in [4.69, 9.17) is 0 Å². The molecule has 0 saturated heterocycles. The van der Waals surface area contributed by atoms with Gasteiger partial charge in [0.05, 0.1) is 0 Å². The maximum atomic E-state index is 3.68. The fraction of sp³-hybridized carbons (Fsp3) is 0.600. The third-order valence-electron chi connectivity index (χ3n) is 3.78. The van der Waals surface area contributed by atoms with Crippen molar-refractivity contribution in [2.24, 2.45) is 5.41 Å². The van der Waals surface area contributed by atoms with Gasteiger partial charge in [0.25, 0.3) is 0 Å². The van der Waals surface area contributed by atoms with Crippen LogP contribution in [-0.4, -0.2) is 6.04 Å². The van der Waals surface area contributed by atoms with Gasteiger partial charge in [-0.2, -0.15) is 0 Å². The zero-order valence-electron chi connectivity index (χ0n) is 10.9. The van der Waals surface area contributed by atoms with Crippen molar-refractivity contribution in [2.45, 2.75) is 52.1 Å². The summed E-state index contributed by atoms with van der Waals surface area (Å²) in [6.45, 7) is 5.80. The van der Waals surface area contributed by atoms with Crippen LogP contribution < -0.4 is 5.32 Å². The highest BCUT2D eigenvalue weighted by Crippen LogP contribution is 2.34. The van der Waals surface area contributed by atoms with E-state index < -0.39 is 0 Å². The minimum Gasteiger partial charge on any atom is -0.310 e. The molecule has 96 valence electrons. The molecule has 0 unspecified atom stereocenters. The Morgan fingerprint density at radius 3 is 2.29 bits per heavy atom. The van der Waals surface area contributed by atoms with Gasteiger partial charge in [-0.3, -0.25) is 0 Å². The first-order valence-electron chi connectivity index (χ1n) is 6.43. The van der Waals surface area contributed by atoms with Gasteiger partial charge in [0.1, 0.15) is 0 Å². The monoisotopic (exact) mass is 253 g/mol. The summed E-state index contributed by atoms with van der Waals surface area (Å²) >= 11 is 0. The number of hydrogen-bond donors (Lipinski definition) is 1. The van der Waals surface area contributed by atoms with E-state index in [2.05, 4.69) is 49.5 Å². The largest absolute Gasteiger partial charge is 0.310 e. The highest BCUT2D eigenvalue weighted by molar-refractivity contribution is 5.85. The number of hydrogen-bond acceptors (Lipinski definition) is 1. The molecule has 1 aromatic carbocycles. The first-order chi connectivity index (χ1) is 7.66. The standard InChI is InChI=1S/C15H23N.ClH/c1-15(2)10-8-14(9-11-15)16-12-13-6-4-3-5-7-13;/h3-7,14,16H,8-12H2,1-2H3;1H. The molecule has 0 bridgehead atoms. The van der Waals surface area contributed by atoms with Crippen LogP contribution in [-0.2, 0) is 6.54 Å². The molecule has 0 aliphatic heterocycles. The van der Waals surface area contributed by atoms with Gasteiger partial charge in [-0.1, -0.05) is 44.2 Å². The predicted octanol–water partition coefficient (Wildman–Crippen LogP) is 4.17. The van der Waals surface area contributed by atoms with E-state index in [0.29, 0.717) is 5.41 Å². The third-order valence-corrected chi connectivity index (χ3v) is 3.78. The van der Waals surface area contributed by atoms with Crippen molar-refractivity contribution < 1.29 is 0 Å². The Morgan fingerprint density at radius 1 is 1.12 bits per heavy atom. The lowest BCUT2D eigenvalue weighted by Crippen LogP contribution is -2.35. The summed E-state index contributed by atoms with van der Waals surface area (Å²) in [4.78, 5) is 0. The van der Waals surface area contributed by atoms with E-state index in [1.807, 2.05) is 0 Å². The van der Waals surface area contributed by atoms with Gasteiger partial charge < -0.3 is 5.32 Å². The molecule has 1 N–H and O–H groups in total. The molecule has 2 rings (SSSR count). The Hall–Kier alpha value is -0.530. The Morgan fingerprint density at radius 2 is 1.71 bits per heavy atom. The molecule has 0 spiro atoms. The van der Waals surface area contributed by atoms with Crippen molar-refractivity contribution in [3.8, 4) is 0 Å². The summed E-state index contributed by atoms with van der Waals surface area (Å²) in [6.07, 6.45) is 5.39. The molecule has 0 amide bonds. The predicted molar refractivity (Wildman–Crippen MR) is 76.6 cm³/mol. The van der Waals surface area contributed by atoms with Gasteiger partial charge in [0.2, 0.25) is 0 Å². The topological polar surface area (TPSA) is 12.0 Å². The fourth-order valence-electron chi connectivity index (χ4n) is 2.46. The third kappa shape index (κ3) is 4.69. The lowest BCUT2D eigenvalue weighted by molar-refractivity contribution is 0.206. The van der Waals surface area contributed by atoms with Crippen LogP contribution >= 0.6 is 12.4 Å². The minimum absolute atomic E-state index is 0. The Labute approximate surface area is 111 Å². The molecule has 17 heavy (non-hydrogen) atoms. The molecule has 1 aromatic rings. The molecule has 0 aromatic heterocycles. The summed E-state index contributed by atoms with van der Waals surface area (Å²) in [7, 11) is 0. The summed E-state index contributed by atoms with van der Waals surface area (Å²) in [5, 5.41) is 3.68. The van der Waals surface area contributed by atoms with Crippen LogP contribution in [0.3, 0.4) is 0 Å². The number of rotatable bonds is 3. The average Bonchev–Trinajstić information content (AvgIpc) is 2.29. The van der Waals surface area contributed by atoms with Gasteiger partial charge in [0.15, 0.2) is 0 Å². The molecule has 1 fully saturated rings. The Balaban J connectivity index is 0.00000144. The lowest BCUT2D eigenvalue weighted by atomic mass is 9.75. The molecule has 1 nitrogen and oxygen atoms in total. The van der Waals surface area contributed by atoms with E-state index >= 15 is 0 Å². The first-order valence-corrected chi connectivity index (χ1v) is 6.43. The van der Waals surface area contributed by atoms with Crippen molar-refractivity contribution >= 4 is 12.4 Å². The SMILES string of the molecule is CC1(C)CCC(NCc2ccccc2)CC1.Cl. The molecule has 0 radical (unpaired) electrons. The Bertz CT molecular complexity index is 311. The second kappa shape index (κ2) is 6.42. The van der Waals surface area contributed by atoms with Gasteiger partial charge in [-0.25, -0.2) is 0 Å². The van der Waals surface area contributed by atoms with Crippen LogP contribution in [0, 0.1) is 5.41 Å². The zero-order chi connectivity index (χ0) is 11.4. The summed E-state index contributed by atoms with van der Waals surface area (Å²) in [6, 6.07) is 11.4. The van der Waals surface area contributed by atoms with Crippen molar-refractivity contribution in [1.82, 2.24) is 5.32 Å². The smallest absolute Gasteiger partial charge is 0.0208 e. The van der Waals surface area contributed by atoms with Gasteiger partial charge in [-0.05, 0) is 36.7 Å². The zero-order valence-corrected chi connectivity index (χ0v) is 11.7. The molecule has 0 atom stereocenters. The highest BCUT2D eigenvalue weighted by atomic mass is 35.5. The van der Waals surface area contributed by atoms with E-state index in [9.17, 15) is 0 Å². The molecular formula is C15H24ClN.